The van der Waals surface area contributed by atoms with Gasteiger partial charge in [0.05, 0.1) is 29.1 Å². The topological polar surface area (TPSA) is 37.2 Å². The molecule has 0 aromatic heterocycles. The minimum Gasteiger partial charge on any atom is -0.381 e. The van der Waals surface area contributed by atoms with E-state index in [-0.39, 0.29) is 5.38 Å². The summed E-state index contributed by atoms with van der Waals surface area (Å²) in [7, 11) is 2.08. The summed E-state index contributed by atoms with van der Waals surface area (Å²) < 4.78 is 5.53. The first kappa shape index (κ1) is 17.3. The van der Waals surface area contributed by atoms with Gasteiger partial charge in [-0.25, -0.2) is 0 Å². The van der Waals surface area contributed by atoms with Crippen molar-refractivity contribution in [1.82, 2.24) is 5.01 Å². The van der Waals surface area contributed by atoms with Crippen molar-refractivity contribution in [2.24, 2.45) is 21.9 Å². The van der Waals surface area contributed by atoms with Crippen LogP contribution in [0.4, 0.5) is 0 Å². The van der Waals surface area contributed by atoms with E-state index < -0.39 is 0 Å². The third-order valence-corrected chi connectivity index (χ3v) is 6.43. The summed E-state index contributed by atoms with van der Waals surface area (Å²) in [6.45, 7) is 6.14. The molecule has 2 aliphatic carbocycles. The van der Waals surface area contributed by atoms with Crippen LogP contribution in [0.15, 0.2) is 33.4 Å². The van der Waals surface area contributed by atoms with E-state index >= 15 is 0 Å². The molecule has 0 spiro atoms. The van der Waals surface area contributed by atoms with Crippen molar-refractivity contribution in [2.75, 3.05) is 20.3 Å². The second-order valence-corrected chi connectivity index (χ2v) is 8.16. The lowest BCUT2D eigenvalue weighted by atomic mass is 9.68. The van der Waals surface area contributed by atoms with E-state index in [0.717, 1.165) is 38.9 Å². The van der Waals surface area contributed by atoms with Crippen molar-refractivity contribution in [3.8, 4) is 0 Å². The molecule has 4 rings (SSSR count). The lowest BCUT2D eigenvalue weighted by Crippen LogP contribution is -2.43. The van der Waals surface area contributed by atoms with Gasteiger partial charge >= 0.3 is 0 Å². The Kier molecular flexibility index (Phi) is 4.76. The molecule has 2 heterocycles. The zero-order valence-corrected chi connectivity index (χ0v) is 16.2. The van der Waals surface area contributed by atoms with E-state index in [1.165, 1.54) is 22.6 Å². The molecule has 2 aliphatic heterocycles. The lowest BCUT2D eigenvalue weighted by Gasteiger charge is -2.38. The van der Waals surface area contributed by atoms with Crippen molar-refractivity contribution in [3.05, 3.63) is 23.3 Å². The van der Waals surface area contributed by atoms with Gasteiger partial charge in [-0.2, -0.15) is 5.10 Å². The number of fused-ring (bicyclic) bond motifs is 2. The van der Waals surface area contributed by atoms with Gasteiger partial charge in [0.15, 0.2) is 0 Å². The highest BCUT2D eigenvalue weighted by atomic mass is 35.5. The van der Waals surface area contributed by atoms with Gasteiger partial charge in [0.25, 0.3) is 0 Å². The van der Waals surface area contributed by atoms with Gasteiger partial charge in [-0.15, -0.1) is 11.6 Å². The number of nitrogens with zero attached hydrogens (tertiary/aromatic N) is 3. The van der Waals surface area contributed by atoms with Crippen LogP contribution in [0.25, 0.3) is 0 Å². The first-order chi connectivity index (χ1) is 12.1. The minimum atomic E-state index is -0.0194. The van der Waals surface area contributed by atoms with Gasteiger partial charge in [-0.3, -0.25) is 10.0 Å². The van der Waals surface area contributed by atoms with Crippen LogP contribution in [0.1, 0.15) is 39.5 Å². The van der Waals surface area contributed by atoms with Gasteiger partial charge in [0.1, 0.15) is 0 Å². The Balaban J connectivity index is 1.76. The van der Waals surface area contributed by atoms with Crippen molar-refractivity contribution in [1.29, 1.82) is 0 Å². The molecule has 0 aromatic rings. The number of aliphatic imine (C=N–C) groups is 1. The van der Waals surface area contributed by atoms with Crippen molar-refractivity contribution in [2.45, 2.75) is 57.0 Å². The van der Waals surface area contributed by atoms with Crippen LogP contribution in [-0.4, -0.2) is 54.2 Å². The Hall–Kier alpha value is -1.13. The maximum atomic E-state index is 6.56. The molecule has 25 heavy (non-hydrogen) atoms. The molecule has 4 aliphatic rings. The smallest absolute Gasteiger partial charge is 0.0706 e. The molecule has 4 atom stereocenters. The Morgan fingerprint density at radius 3 is 2.80 bits per heavy atom. The normalized spacial score (nSPS) is 37.4. The summed E-state index contributed by atoms with van der Waals surface area (Å²) in [5, 5.41) is 6.97. The quantitative estimate of drug-likeness (QED) is 0.554. The highest BCUT2D eigenvalue weighted by molar-refractivity contribution is 6.25. The Morgan fingerprint density at radius 2 is 2.08 bits per heavy atom. The average molecular weight is 362 g/mol. The van der Waals surface area contributed by atoms with Gasteiger partial charge in [0, 0.05) is 31.9 Å². The van der Waals surface area contributed by atoms with Crippen LogP contribution in [0.3, 0.4) is 0 Å². The average Bonchev–Trinajstić information content (AvgIpc) is 2.90. The fourth-order valence-electron chi connectivity index (χ4n) is 4.68. The van der Waals surface area contributed by atoms with Gasteiger partial charge in [-0.05, 0) is 38.2 Å². The summed E-state index contributed by atoms with van der Waals surface area (Å²) in [6, 6.07) is 0.729. The van der Waals surface area contributed by atoms with E-state index in [1.54, 1.807) is 0 Å². The predicted octanol–water partition coefficient (Wildman–Crippen LogP) is 3.82. The van der Waals surface area contributed by atoms with E-state index in [0.29, 0.717) is 23.9 Å². The molecule has 0 aromatic carbocycles. The number of ether oxygens (including phenoxy) is 1. The third kappa shape index (κ3) is 3.08. The maximum absolute atomic E-state index is 6.56. The summed E-state index contributed by atoms with van der Waals surface area (Å²) in [4.78, 5) is 5.29. The first-order valence-electron chi connectivity index (χ1n) is 9.60. The van der Waals surface area contributed by atoms with E-state index in [9.17, 15) is 0 Å². The van der Waals surface area contributed by atoms with E-state index in [1.807, 2.05) is 0 Å². The Bertz CT molecular complexity index is 660. The fourth-order valence-corrected chi connectivity index (χ4v) is 4.98. The van der Waals surface area contributed by atoms with Gasteiger partial charge in [-0.1, -0.05) is 24.6 Å². The molecule has 2 fully saturated rings. The SMILES string of the molecule is CCC1=CC(Cl)C=C2C(=NC3CCOCC3)C3C(=NN(C)C3C)CC12. The van der Waals surface area contributed by atoms with E-state index in [2.05, 4.69) is 38.1 Å². The third-order valence-electron chi connectivity index (χ3n) is 6.18. The second kappa shape index (κ2) is 6.88. The number of hydrazone groups is 1. The van der Waals surface area contributed by atoms with Crippen LogP contribution >= 0.6 is 11.6 Å². The Morgan fingerprint density at radius 1 is 1.32 bits per heavy atom. The molecular formula is C20H28ClN3O. The molecule has 0 N–H and O–H groups in total. The molecule has 4 unspecified atom stereocenters. The number of hydrogen-bond acceptors (Lipinski definition) is 4. The predicted molar refractivity (Wildman–Crippen MR) is 104 cm³/mol. The van der Waals surface area contributed by atoms with E-state index in [4.69, 9.17) is 26.4 Å². The van der Waals surface area contributed by atoms with Crippen LogP contribution in [0.5, 0.6) is 0 Å². The zero-order valence-electron chi connectivity index (χ0n) is 15.4. The van der Waals surface area contributed by atoms with Gasteiger partial charge < -0.3 is 4.74 Å². The summed E-state index contributed by atoms with van der Waals surface area (Å²) in [5.41, 5.74) is 5.37. The van der Waals surface area contributed by atoms with Crippen LogP contribution in [0, 0.1) is 11.8 Å². The summed E-state index contributed by atoms with van der Waals surface area (Å²) in [6.07, 6.45) is 8.56. The van der Waals surface area contributed by atoms with Crippen LogP contribution in [0.2, 0.25) is 0 Å². The molecule has 5 heteroatoms. The second-order valence-electron chi connectivity index (χ2n) is 7.66. The zero-order chi connectivity index (χ0) is 17.6. The number of halogens is 1. The lowest BCUT2D eigenvalue weighted by molar-refractivity contribution is 0.0870. The molecule has 0 amide bonds. The number of hydrogen-bond donors (Lipinski definition) is 0. The molecule has 1 saturated carbocycles. The van der Waals surface area contributed by atoms with Gasteiger partial charge in [0.2, 0.25) is 0 Å². The molecular weight excluding hydrogens is 334 g/mol. The summed E-state index contributed by atoms with van der Waals surface area (Å²) >= 11 is 6.56. The van der Waals surface area contributed by atoms with Crippen LogP contribution in [-0.2, 0) is 4.74 Å². The largest absolute Gasteiger partial charge is 0.381 e. The highest BCUT2D eigenvalue weighted by Gasteiger charge is 2.45. The number of allylic oxidation sites excluding steroid dienone is 4. The number of alkyl halides is 1. The molecule has 0 radical (unpaired) electrons. The fraction of sp³-hybridized carbons (Fsp3) is 0.700. The number of rotatable bonds is 2. The first-order valence-corrected chi connectivity index (χ1v) is 10.0. The monoisotopic (exact) mass is 361 g/mol. The van der Waals surface area contributed by atoms with Crippen molar-refractivity contribution >= 4 is 23.0 Å². The molecule has 0 bridgehead atoms. The standard InChI is InChI=1S/C20H28ClN3O/c1-4-13-9-14(21)10-17-16(13)11-18-19(12(2)24(3)23-18)20(17)22-15-5-7-25-8-6-15/h9-10,12,14-16,19H,4-8,11H2,1-3H3. The maximum Gasteiger partial charge on any atom is 0.0706 e. The van der Waals surface area contributed by atoms with Crippen LogP contribution < -0.4 is 0 Å². The molecule has 1 saturated heterocycles. The van der Waals surface area contributed by atoms with Crippen molar-refractivity contribution < 1.29 is 4.74 Å². The minimum absolute atomic E-state index is 0.0194. The van der Waals surface area contributed by atoms with Crippen molar-refractivity contribution in [3.63, 3.8) is 0 Å². The Labute approximate surface area is 155 Å². The molecule has 136 valence electrons. The molecule has 4 nitrogen and oxygen atoms in total. The summed E-state index contributed by atoms with van der Waals surface area (Å²) in [5.74, 6) is 0.725. The highest BCUT2D eigenvalue weighted by Crippen LogP contribution is 2.43.